The van der Waals surface area contributed by atoms with Crippen LogP contribution in [0.3, 0.4) is 0 Å². The largest absolute Gasteiger partial charge is 0.760 e. The van der Waals surface area contributed by atoms with E-state index in [0.29, 0.717) is 0 Å². The molecule has 1 atom stereocenters. The maximum atomic E-state index is 10.6. The molecule has 3 nitrogen and oxygen atoms in total. The summed E-state index contributed by atoms with van der Waals surface area (Å²) in [6, 6.07) is 0. The Hall–Kier alpha value is 0.504. The van der Waals surface area contributed by atoms with Crippen molar-refractivity contribution in [1.82, 2.24) is 4.72 Å². The lowest BCUT2D eigenvalue weighted by molar-refractivity contribution is 0.524. The van der Waals surface area contributed by atoms with Crippen molar-refractivity contribution in [3.8, 4) is 0 Å². The summed E-state index contributed by atoms with van der Waals surface area (Å²) in [6.45, 7) is 13.2. The van der Waals surface area contributed by atoms with Crippen LogP contribution in [0.5, 0.6) is 0 Å². The van der Waals surface area contributed by atoms with Gasteiger partial charge in [0.25, 0.3) is 0 Å². The molecule has 1 N–H and O–H groups in total. The molecule has 0 aromatic carbocycles. The van der Waals surface area contributed by atoms with Gasteiger partial charge in [-0.2, -0.15) is 0 Å². The van der Waals surface area contributed by atoms with Crippen LogP contribution >= 0.6 is 0 Å². The van der Waals surface area contributed by atoms with Crippen molar-refractivity contribution in [2.24, 2.45) is 0 Å². The van der Waals surface area contributed by atoms with Crippen LogP contribution in [0.1, 0.15) is 0 Å². The molecule has 0 saturated heterocycles. The van der Waals surface area contributed by atoms with Gasteiger partial charge in [0.15, 0.2) is 0 Å². The Labute approximate surface area is 85.8 Å². The van der Waals surface area contributed by atoms with Crippen molar-refractivity contribution >= 4 is 27.4 Å². The molecule has 0 aliphatic heterocycles. The first-order valence-corrected chi connectivity index (χ1v) is 12.6. The van der Waals surface area contributed by atoms with Gasteiger partial charge in [0.2, 0.25) is 0 Å². The quantitative estimate of drug-likeness (QED) is 0.596. The van der Waals surface area contributed by atoms with Gasteiger partial charge in [-0.05, 0) is 0 Å². The van der Waals surface area contributed by atoms with Crippen LogP contribution in [0, 0.1) is 0 Å². The maximum absolute atomic E-state index is 10.6. The molecule has 0 aliphatic rings. The Morgan fingerprint density at radius 1 is 1.08 bits per heavy atom. The van der Waals surface area contributed by atoms with Crippen LogP contribution in [0.2, 0.25) is 39.3 Å². The molecule has 0 amide bonds. The number of nitrogens with one attached hydrogen (secondary N) is 1. The van der Waals surface area contributed by atoms with E-state index in [9.17, 15) is 8.76 Å². The molecule has 0 aromatic heterocycles. The molecule has 0 rings (SSSR count). The fourth-order valence-corrected chi connectivity index (χ4v) is 15.7. The first kappa shape index (κ1) is 13.5. The van der Waals surface area contributed by atoms with Gasteiger partial charge in [-0.15, -0.1) is 0 Å². The van der Waals surface area contributed by atoms with Gasteiger partial charge in [0.05, 0.1) is 16.1 Å². The molecule has 0 aromatic rings. The van der Waals surface area contributed by atoms with E-state index in [1.165, 1.54) is 0 Å². The third-order valence-electron chi connectivity index (χ3n) is 1.95. The van der Waals surface area contributed by atoms with Crippen molar-refractivity contribution in [2.75, 3.05) is 0 Å². The highest BCUT2D eigenvalue weighted by Crippen LogP contribution is 2.18. The Kier molecular flexibility index (Phi) is 4.52. The van der Waals surface area contributed by atoms with Gasteiger partial charge < -0.3 is 4.55 Å². The second-order valence-corrected chi connectivity index (χ2v) is 17.4. The molecule has 6 heteroatoms. The molecular formula is C7H20NO2SSi2-. The number of rotatable bonds is 4. The smallest absolute Gasteiger partial charge is 0.0612 e. The van der Waals surface area contributed by atoms with E-state index >= 15 is 0 Å². The molecule has 0 radical (unpaired) electrons. The summed E-state index contributed by atoms with van der Waals surface area (Å²) in [5.74, 6) is 0. The molecule has 0 saturated carbocycles. The fourth-order valence-electron chi connectivity index (χ4n) is 1.75. The summed E-state index contributed by atoms with van der Waals surface area (Å²) in [6.07, 6.45) is 0. The molecule has 0 aliphatic carbocycles. The van der Waals surface area contributed by atoms with Crippen LogP contribution in [-0.2, 0) is 11.3 Å². The predicted octanol–water partition coefficient (Wildman–Crippen LogP) is 1.49. The standard InChI is InChI=1S/C7H21NO2SSi2/c1-12(2,3)7(8-11(9)10)13(4,5)6/h7-8H,1-6H3,(H,9,10)/p-1. The summed E-state index contributed by atoms with van der Waals surface area (Å²) < 4.78 is 24.0. The van der Waals surface area contributed by atoms with Crippen molar-refractivity contribution < 1.29 is 8.76 Å². The van der Waals surface area contributed by atoms with Gasteiger partial charge in [-0.3, -0.25) is 8.93 Å². The summed E-state index contributed by atoms with van der Waals surface area (Å²) in [7, 11) is -2.85. The highest BCUT2D eigenvalue weighted by atomic mass is 32.2. The van der Waals surface area contributed by atoms with Gasteiger partial charge in [-0.25, -0.2) is 0 Å². The van der Waals surface area contributed by atoms with Crippen molar-refractivity contribution in [1.29, 1.82) is 0 Å². The number of hydrogen-bond donors (Lipinski definition) is 1. The first-order valence-electron chi connectivity index (χ1n) is 4.40. The van der Waals surface area contributed by atoms with Crippen LogP contribution in [-0.4, -0.2) is 30.2 Å². The average molecular weight is 238 g/mol. The highest BCUT2D eigenvalue weighted by molar-refractivity contribution is 7.77. The zero-order chi connectivity index (χ0) is 10.9. The molecule has 0 bridgehead atoms. The van der Waals surface area contributed by atoms with Crippen molar-refractivity contribution in [2.45, 2.75) is 44.6 Å². The second kappa shape index (κ2) is 4.35. The molecule has 1 unspecified atom stereocenters. The normalized spacial score (nSPS) is 16.3. The maximum Gasteiger partial charge on any atom is 0.0612 e. The minimum Gasteiger partial charge on any atom is -0.760 e. The monoisotopic (exact) mass is 238 g/mol. The molecule has 80 valence electrons. The Morgan fingerprint density at radius 3 is 1.46 bits per heavy atom. The Balaban J connectivity index is 4.68. The van der Waals surface area contributed by atoms with Crippen molar-refractivity contribution in [3.63, 3.8) is 0 Å². The molecule has 0 spiro atoms. The van der Waals surface area contributed by atoms with Crippen LogP contribution in [0.4, 0.5) is 0 Å². The molecule has 0 fully saturated rings. The summed E-state index contributed by atoms with van der Waals surface area (Å²) in [5, 5.41) is 0.221. The van der Waals surface area contributed by atoms with Gasteiger partial charge in [0, 0.05) is 16.6 Å². The minimum absolute atomic E-state index is 0.221. The molecule has 0 heterocycles. The van der Waals surface area contributed by atoms with Crippen LogP contribution in [0.25, 0.3) is 0 Å². The SMILES string of the molecule is C[Si](C)(C)C(NS(=O)[O-])[Si](C)(C)C. The average Bonchev–Trinajstić information content (AvgIpc) is 1.77. The topological polar surface area (TPSA) is 52.2 Å². The van der Waals surface area contributed by atoms with E-state index in [4.69, 9.17) is 0 Å². The van der Waals surface area contributed by atoms with Crippen molar-refractivity contribution in [3.05, 3.63) is 0 Å². The third kappa shape index (κ3) is 5.06. The van der Waals surface area contributed by atoms with E-state index in [1.54, 1.807) is 0 Å². The molecule has 13 heavy (non-hydrogen) atoms. The Morgan fingerprint density at radius 2 is 1.38 bits per heavy atom. The van der Waals surface area contributed by atoms with E-state index in [1.807, 2.05) is 0 Å². The van der Waals surface area contributed by atoms with E-state index in [2.05, 4.69) is 44.0 Å². The van der Waals surface area contributed by atoms with Gasteiger partial charge in [-0.1, -0.05) is 39.3 Å². The molecular weight excluding hydrogens is 218 g/mol. The van der Waals surface area contributed by atoms with Gasteiger partial charge in [0.1, 0.15) is 0 Å². The van der Waals surface area contributed by atoms with Crippen LogP contribution in [0.15, 0.2) is 0 Å². The highest BCUT2D eigenvalue weighted by Gasteiger charge is 2.37. The lowest BCUT2D eigenvalue weighted by atomic mass is 11.4. The summed E-state index contributed by atoms with van der Waals surface area (Å²) >= 11 is -2.12. The third-order valence-corrected chi connectivity index (χ3v) is 11.7. The zero-order valence-electron chi connectivity index (χ0n) is 9.30. The van der Waals surface area contributed by atoms with E-state index in [0.717, 1.165) is 0 Å². The van der Waals surface area contributed by atoms with Gasteiger partial charge >= 0.3 is 0 Å². The lowest BCUT2D eigenvalue weighted by Crippen LogP contribution is -2.62. The Bertz CT molecular complexity index is 184. The zero-order valence-corrected chi connectivity index (χ0v) is 12.1. The summed E-state index contributed by atoms with van der Waals surface area (Å²) in [4.78, 5) is 0. The predicted molar refractivity (Wildman–Crippen MR) is 62.5 cm³/mol. The number of hydrogen-bond acceptors (Lipinski definition) is 2. The summed E-state index contributed by atoms with van der Waals surface area (Å²) in [5.41, 5.74) is 0. The van der Waals surface area contributed by atoms with Crippen LogP contribution < -0.4 is 4.72 Å². The minimum atomic E-state index is -2.12. The lowest BCUT2D eigenvalue weighted by Gasteiger charge is -2.39. The second-order valence-electron chi connectivity index (χ2n) is 5.52. The fraction of sp³-hybridized carbons (Fsp3) is 1.00. The first-order chi connectivity index (χ1) is 5.55. The van der Waals surface area contributed by atoms with E-state index in [-0.39, 0.29) is 5.29 Å². The van der Waals surface area contributed by atoms with E-state index < -0.39 is 27.4 Å².